The van der Waals surface area contributed by atoms with E-state index in [1.54, 1.807) is 32.2 Å². The van der Waals surface area contributed by atoms with Crippen molar-refractivity contribution in [1.29, 1.82) is 0 Å². The highest BCUT2D eigenvalue weighted by molar-refractivity contribution is 6.09. The monoisotopic (exact) mass is 405 g/mol. The van der Waals surface area contributed by atoms with Gasteiger partial charge in [-0.05, 0) is 24.6 Å². The molecule has 2 aromatic carbocycles. The van der Waals surface area contributed by atoms with Crippen molar-refractivity contribution in [2.45, 2.75) is 18.9 Å². The highest BCUT2D eigenvalue weighted by Crippen LogP contribution is 2.33. The summed E-state index contributed by atoms with van der Waals surface area (Å²) < 4.78 is 0. The number of piperazine rings is 1. The van der Waals surface area contributed by atoms with Gasteiger partial charge in [-0.25, -0.2) is 0 Å². The van der Waals surface area contributed by atoms with E-state index in [1.807, 2.05) is 30.3 Å². The van der Waals surface area contributed by atoms with Gasteiger partial charge in [0, 0.05) is 26.1 Å². The number of nitro groups is 1. The van der Waals surface area contributed by atoms with Crippen LogP contribution in [0.4, 0.5) is 5.69 Å². The molecule has 2 aromatic rings. The fraction of sp³-hybridized carbons (Fsp3) is 0.217. The van der Waals surface area contributed by atoms with E-state index in [1.165, 1.54) is 28.0 Å². The van der Waals surface area contributed by atoms with Crippen molar-refractivity contribution in [2.24, 2.45) is 0 Å². The molecule has 2 amide bonds. The van der Waals surface area contributed by atoms with Crippen LogP contribution in [0.15, 0.2) is 72.9 Å². The van der Waals surface area contributed by atoms with Crippen molar-refractivity contribution >= 4 is 23.6 Å². The molecule has 1 aliphatic heterocycles. The number of amides is 2. The smallest absolute Gasteiger partial charge is 0.276 e. The van der Waals surface area contributed by atoms with Crippen LogP contribution in [0.2, 0.25) is 0 Å². The molecule has 7 heteroatoms. The van der Waals surface area contributed by atoms with Gasteiger partial charge in [0.2, 0.25) is 0 Å². The number of carbonyl (C=O) groups is 2. The number of likely N-dealkylation sites (N-methyl/N-ethyl adjacent to an activating group) is 1. The molecule has 1 unspecified atom stereocenters. The van der Waals surface area contributed by atoms with Gasteiger partial charge in [-0.2, -0.15) is 0 Å². The molecule has 0 spiro atoms. The Bertz CT molecular complexity index is 1030. The minimum absolute atomic E-state index is 0.0854. The molecular weight excluding hydrogens is 382 g/mol. The molecule has 1 aliphatic rings. The molecule has 7 nitrogen and oxygen atoms in total. The van der Waals surface area contributed by atoms with E-state index in [-0.39, 0.29) is 35.3 Å². The Kier molecular flexibility index (Phi) is 5.82. The molecule has 0 saturated carbocycles. The van der Waals surface area contributed by atoms with Crippen LogP contribution in [0.3, 0.4) is 0 Å². The Labute approximate surface area is 175 Å². The molecule has 1 heterocycles. The van der Waals surface area contributed by atoms with Crippen LogP contribution in [0.25, 0.3) is 6.08 Å². The maximum atomic E-state index is 13.5. The van der Waals surface area contributed by atoms with Crippen LogP contribution < -0.4 is 0 Å². The average Bonchev–Trinajstić information content (AvgIpc) is 2.74. The summed E-state index contributed by atoms with van der Waals surface area (Å²) in [7, 11) is 1.58. The van der Waals surface area contributed by atoms with Crippen molar-refractivity contribution in [1.82, 2.24) is 9.80 Å². The van der Waals surface area contributed by atoms with Crippen LogP contribution in [0.5, 0.6) is 0 Å². The van der Waals surface area contributed by atoms with Gasteiger partial charge in [0.1, 0.15) is 11.2 Å². The molecule has 3 rings (SSSR count). The Morgan fingerprint density at radius 1 is 1.10 bits per heavy atom. The largest absolute Gasteiger partial charge is 0.326 e. The van der Waals surface area contributed by atoms with E-state index in [2.05, 4.69) is 6.58 Å². The maximum absolute atomic E-state index is 13.5. The lowest BCUT2D eigenvalue weighted by Gasteiger charge is -2.46. The zero-order valence-corrected chi connectivity index (χ0v) is 16.9. The minimum Gasteiger partial charge on any atom is -0.326 e. The number of carbonyl (C=O) groups excluding carboxylic acids is 2. The fourth-order valence-corrected chi connectivity index (χ4v) is 3.62. The van der Waals surface area contributed by atoms with Crippen molar-refractivity contribution in [3.63, 3.8) is 0 Å². The van der Waals surface area contributed by atoms with E-state index < -0.39 is 10.5 Å². The van der Waals surface area contributed by atoms with Gasteiger partial charge in [-0.15, -0.1) is 6.58 Å². The number of benzene rings is 2. The van der Waals surface area contributed by atoms with Gasteiger partial charge in [0.05, 0.1) is 10.5 Å². The molecule has 1 saturated heterocycles. The SMILES string of the molecule is C=CCN1C(=O)C(C)(Cc2ccccc2)N(C)C(=O)/C1=C\c1ccccc1[N+](=O)[O-]. The summed E-state index contributed by atoms with van der Waals surface area (Å²) in [5, 5.41) is 11.4. The zero-order chi connectivity index (χ0) is 21.9. The third kappa shape index (κ3) is 3.74. The van der Waals surface area contributed by atoms with E-state index in [0.717, 1.165) is 5.56 Å². The predicted octanol–water partition coefficient (Wildman–Crippen LogP) is 3.42. The van der Waals surface area contributed by atoms with Crippen LogP contribution >= 0.6 is 0 Å². The highest BCUT2D eigenvalue weighted by Gasteiger charge is 2.49. The molecule has 154 valence electrons. The lowest BCUT2D eigenvalue weighted by molar-refractivity contribution is -0.385. The Balaban J connectivity index is 2.08. The lowest BCUT2D eigenvalue weighted by atomic mass is 9.86. The second-order valence-electron chi connectivity index (χ2n) is 7.35. The Morgan fingerprint density at radius 3 is 2.37 bits per heavy atom. The summed E-state index contributed by atoms with van der Waals surface area (Å²) in [6.45, 7) is 5.55. The second-order valence-corrected chi connectivity index (χ2v) is 7.35. The quantitative estimate of drug-likeness (QED) is 0.319. The predicted molar refractivity (Wildman–Crippen MR) is 114 cm³/mol. The topological polar surface area (TPSA) is 83.8 Å². The van der Waals surface area contributed by atoms with Crippen LogP contribution in [-0.4, -0.2) is 45.7 Å². The fourth-order valence-electron chi connectivity index (χ4n) is 3.62. The first-order valence-electron chi connectivity index (χ1n) is 9.49. The number of nitrogens with zero attached hydrogens (tertiary/aromatic N) is 3. The van der Waals surface area contributed by atoms with Gasteiger partial charge in [-0.3, -0.25) is 19.7 Å². The van der Waals surface area contributed by atoms with E-state index in [9.17, 15) is 19.7 Å². The second kappa shape index (κ2) is 8.32. The van der Waals surface area contributed by atoms with E-state index in [4.69, 9.17) is 0 Å². The molecule has 0 N–H and O–H groups in total. The third-order valence-electron chi connectivity index (χ3n) is 5.39. The standard InChI is InChI=1S/C23H23N3O4/c1-4-14-25-20(15-18-12-8-9-13-19(18)26(29)30)21(27)24(3)23(2,22(25)28)16-17-10-6-5-7-11-17/h4-13,15H,1,14,16H2,2-3H3/b20-15+. The third-order valence-corrected chi connectivity index (χ3v) is 5.39. The molecule has 0 radical (unpaired) electrons. The first-order valence-corrected chi connectivity index (χ1v) is 9.49. The van der Waals surface area contributed by atoms with Crippen molar-refractivity contribution in [3.05, 3.63) is 94.2 Å². The van der Waals surface area contributed by atoms with Gasteiger partial charge < -0.3 is 9.80 Å². The number of hydrogen-bond acceptors (Lipinski definition) is 4. The average molecular weight is 405 g/mol. The molecule has 1 atom stereocenters. The van der Waals surface area contributed by atoms with Crippen LogP contribution in [-0.2, 0) is 16.0 Å². The summed E-state index contributed by atoms with van der Waals surface area (Å²) in [4.78, 5) is 40.5. The normalized spacial score (nSPS) is 20.5. The van der Waals surface area contributed by atoms with E-state index >= 15 is 0 Å². The van der Waals surface area contributed by atoms with Gasteiger partial charge in [0.25, 0.3) is 17.5 Å². The van der Waals surface area contributed by atoms with Gasteiger partial charge in [-0.1, -0.05) is 48.5 Å². The van der Waals surface area contributed by atoms with Gasteiger partial charge in [0.15, 0.2) is 0 Å². The zero-order valence-electron chi connectivity index (χ0n) is 16.9. The summed E-state index contributed by atoms with van der Waals surface area (Å²) >= 11 is 0. The molecule has 1 fully saturated rings. The highest BCUT2D eigenvalue weighted by atomic mass is 16.6. The maximum Gasteiger partial charge on any atom is 0.276 e. The molecule has 0 bridgehead atoms. The summed E-state index contributed by atoms with van der Waals surface area (Å²) in [5.41, 5.74) is 0.0401. The van der Waals surface area contributed by atoms with Crippen molar-refractivity contribution in [3.8, 4) is 0 Å². The summed E-state index contributed by atoms with van der Waals surface area (Å²) in [5.74, 6) is -0.647. The molecule has 0 aliphatic carbocycles. The molecular formula is C23H23N3O4. The van der Waals surface area contributed by atoms with Gasteiger partial charge >= 0.3 is 0 Å². The van der Waals surface area contributed by atoms with Crippen molar-refractivity contribution < 1.29 is 14.5 Å². The Morgan fingerprint density at radius 2 is 1.73 bits per heavy atom. The number of rotatable bonds is 6. The van der Waals surface area contributed by atoms with Crippen LogP contribution in [0, 0.1) is 10.1 Å². The lowest BCUT2D eigenvalue weighted by Crippen LogP contribution is -2.65. The molecule has 0 aromatic heterocycles. The Hall–Kier alpha value is -3.74. The summed E-state index contributed by atoms with van der Waals surface area (Å²) in [6.07, 6.45) is 3.29. The minimum atomic E-state index is -1.10. The number of nitro benzene ring substituents is 1. The number of para-hydroxylation sites is 1. The summed E-state index contributed by atoms with van der Waals surface area (Å²) in [6, 6.07) is 15.6. The van der Waals surface area contributed by atoms with Crippen molar-refractivity contribution in [2.75, 3.05) is 13.6 Å². The van der Waals surface area contributed by atoms with E-state index in [0.29, 0.717) is 6.42 Å². The first kappa shape index (κ1) is 21.0. The molecule has 30 heavy (non-hydrogen) atoms. The van der Waals surface area contributed by atoms with Crippen LogP contribution in [0.1, 0.15) is 18.1 Å². The first-order chi connectivity index (χ1) is 14.3. The number of hydrogen-bond donors (Lipinski definition) is 0.